The lowest BCUT2D eigenvalue weighted by molar-refractivity contribution is 0.406. The molecule has 1 atom stereocenters. The van der Waals surface area contributed by atoms with Gasteiger partial charge in [-0.25, -0.2) is 4.79 Å². The highest BCUT2D eigenvalue weighted by Gasteiger charge is 2.22. The van der Waals surface area contributed by atoms with Crippen LogP contribution in [0.2, 0.25) is 0 Å². The lowest BCUT2D eigenvalue weighted by Gasteiger charge is -2.15. The van der Waals surface area contributed by atoms with E-state index in [1.54, 1.807) is 11.7 Å². The first-order valence-corrected chi connectivity index (χ1v) is 9.47. The van der Waals surface area contributed by atoms with Gasteiger partial charge in [0, 0.05) is 25.1 Å². The van der Waals surface area contributed by atoms with E-state index in [1.165, 1.54) is 4.68 Å². The molecule has 0 spiro atoms. The van der Waals surface area contributed by atoms with E-state index in [0.29, 0.717) is 17.4 Å². The summed E-state index contributed by atoms with van der Waals surface area (Å²) in [5, 5.41) is 4.52. The molecular weight excluding hydrogens is 354 g/mol. The second-order valence-corrected chi connectivity index (χ2v) is 7.08. The number of nitrogens with one attached hydrogen (secondary N) is 2. The Kier molecular flexibility index (Phi) is 5.02. The van der Waals surface area contributed by atoms with Gasteiger partial charge in [0.15, 0.2) is 0 Å². The van der Waals surface area contributed by atoms with Crippen molar-refractivity contribution in [3.63, 3.8) is 0 Å². The molecule has 1 aliphatic rings. The smallest absolute Gasteiger partial charge is 0.351 e. The summed E-state index contributed by atoms with van der Waals surface area (Å²) in [6.45, 7) is 5.56. The van der Waals surface area contributed by atoms with Crippen LogP contribution in [0.5, 0.6) is 5.75 Å². The maximum Gasteiger partial charge on any atom is 0.351 e. The van der Waals surface area contributed by atoms with Crippen LogP contribution in [-0.2, 0) is 0 Å². The van der Waals surface area contributed by atoms with Gasteiger partial charge in [-0.15, -0.1) is 0 Å². The number of hydrogen-bond donors (Lipinski definition) is 2. The van der Waals surface area contributed by atoms with E-state index in [2.05, 4.69) is 16.0 Å². The Morgan fingerprint density at radius 1 is 1.14 bits per heavy atom. The molecule has 146 valence electrons. The van der Waals surface area contributed by atoms with Crippen LogP contribution in [0.4, 0.5) is 0 Å². The van der Waals surface area contributed by atoms with Gasteiger partial charge in [0.1, 0.15) is 11.6 Å². The summed E-state index contributed by atoms with van der Waals surface area (Å²) >= 11 is 0. The zero-order valence-corrected chi connectivity index (χ0v) is 16.3. The topological polar surface area (TPSA) is 73.1 Å². The van der Waals surface area contributed by atoms with E-state index in [9.17, 15) is 4.79 Å². The third-order valence-corrected chi connectivity index (χ3v) is 5.37. The highest BCUT2D eigenvalue weighted by atomic mass is 16.5. The van der Waals surface area contributed by atoms with Crippen molar-refractivity contribution in [3.8, 4) is 11.4 Å². The minimum Gasteiger partial charge on any atom is -0.496 e. The van der Waals surface area contributed by atoms with Gasteiger partial charge in [0.25, 0.3) is 0 Å². The Morgan fingerprint density at radius 3 is 2.54 bits per heavy atom. The molecule has 3 aromatic rings. The standard InChI is InChI=1S/C21H25N5O2/c1-14(16-7-5-4-6-8-16)25-15(2)24-26(21(25)27)18-9-10-19(20(11-18)28-3)17-12-22-23-13-17/h4-11,14,17,22-23H,12-13H2,1-3H3. The monoisotopic (exact) mass is 379 g/mol. The SMILES string of the molecule is COc1cc(-n2nc(C)n(C(C)c3ccccc3)c2=O)ccc1C1CNNC1. The van der Waals surface area contributed by atoms with Gasteiger partial charge in [-0.2, -0.15) is 9.78 Å². The van der Waals surface area contributed by atoms with E-state index in [1.807, 2.05) is 62.4 Å². The number of hydrogen-bond acceptors (Lipinski definition) is 5. The van der Waals surface area contributed by atoms with Gasteiger partial charge in [-0.1, -0.05) is 36.4 Å². The maximum atomic E-state index is 13.1. The van der Waals surface area contributed by atoms with Crippen LogP contribution >= 0.6 is 0 Å². The average Bonchev–Trinajstić information content (AvgIpc) is 3.36. The van der Waals surface area contributed by atoms with Crippen molar-refractivity contribution in [3.05, 3.63) is 76.0 Å². The summed E-state index contributed by atoms with van der Waals surface area (Å²) < 4.78 is 8.78. The molecule has 28 heavy (non-hydrogen) atoms. The zero-order chi connectivity index (χ0) is 19.7. The molecule has 0 radical (unpaired) electrons. The minimum absolute atomic E-state index is 0.0979. The van der Waals surface area contributed by atoms with Crippen molar-refractivity contribution in [1.82, 2.24) is 25.2 Å². The number of ether oxygens (including phenoxy) is 1. The third kappa shape index (κ3) is 3.23. The third-order valence-electron chi connectivity index (χ3n) is 5.37. The van der Waals surface area contributed by atoms with Crippen LogP contribution in [0, 0.1) is 6.92 Å². The molecule has 0 saturated carbocycles. The molecule has 2 aromatic carbocycles. The molecule has 0 aliphatic carbocycles. The fourth-order valence-corrected chi connectivity index (χ4v) is 3.82. The fraction of sp³-hybridized carbons (Fsp3) is 0.333. The molecule has 1 fully saturated rings. The molecule has 0 bridgehead atoms. The highest BCUT2D eigenvalue weighted by molar-refractivity contribution is 5.46. The second kappa shape index (κ2) is 7.61. The first-order valence-electron chi connectivity index (χ1n) is 9.47. The van der Waals surface area contributed by atoms with Gasteiger partial charge in [0.2, 0.25) is 0 Å². The quantitative estimate of drug-likeness (QED) is 0.711. The van der Waals surface area contributed by atoms with E-state index < -0.39 is 0 Å². The normalized spacial score (nSPS) is 15.7. The molecule has 1 saturated heterocycles. The van der Waals surface area contributed by atoms with Crippen LogP contribution in [0.1, 0.15) is 35.8 Å². The van der Waals surface area contributed by atoms with Crippen molar-refractivity contribution in [2.45, 2.75) is 25.8 Å². The summed E-state index contributed by atoms with van der Waals surface area (Å²) in [4.78, 5) is 13.1. The van der Waals surface area contributed by atoms with Gasteiger partial charge in [0.05, 0.1) is 18.8 Å². The molecule has 1 unspecified atom stereocenters. The van der Waals surface area contributed by atoms with E-state index in [4.69, 9.17) is 4.74 Å². The Morgan fingerprint density at radius 2 is 1.86 bits per heavy atom. The Balaban J connectivity index is 1.73. The zero-order valence-electron chi connectivity index (χ0n) is 16.3. The first kappa shape index (κ1) is 18.5. The van der Waals surface area contributed by atoms with Gasteiger partial charge >= 0.3 is 5.69 Å². The molecule has 2 heterocycles. The number of aromatic nitrogens is 3. The summed E-state index contributed by atoms with van der Waals surface area (Å²) in [5.41, 5.74) is 9.01. The molecule has 7 heteroatoms. The molecule has 0 amide bonds. The van der Waals surface area contributed by atoms with Gasteiger partial charge < -0.3 is 4.74 Å². The van der Waals surface area contributed by atoms with Crippen LogP contribution in [0.25, 0.3) is 5.69 Å². The van der Waals surface area contributed by atoms with Crippen molar-refractivity contribution in [1.29, 1.82) is 0 Å². The van der Waals surface area contributed by atoms with Crippen molar-refractivity contribution in [2.24, 2.45) is 0 Å². The Bertz CT molecular complexity index is 1020. The molecule has 1 aliphatic heterocycles. The Labute approximate surface area is 163 Å². The number of methoxy groups -OCH3 is 1. The molecule has 2 N–H and O–H groups in total. The predicted octanol–water partition coefficient (Wildman–Crippen LogP) is 2.15. The highest BCUT2D eigenvalue weighted by Crippen LogP contribution is 2.29. The van der Waals surface area contributed by atoms with Gasteiger partial charge in [-0.3, -0.25) is 15.4 Å². The first-order chi connectivity index (χ1) is 13.6. The van der Waals surface area contributed by atoms with Crippen LogP contribution < -0.4 is 21.3 Å². The summed E-state index contributed by atoms with van der Waals surface area (Å²) in [6, 6.07) is 15.7. The number of hydrazine groups is 1. The molecular formula is C21H25N5O2. The van der Waals surface area contributed by atoms with Gasteiger partial charge in [-0.05, 0) is 31.0 Å². The van der Waals surface area contributed by atoms with Crippen LogP contribution in [0.3, 0.4) is 0 Å². The summed E-state index contributed by atoms with van der Waals surface area (Å²) in [7, 11) is 1.66. The lowest BCUT2D eigenvalue weighted by Crippen LogP contribution is -2.27. The number of benzene rings is 2. The van der Waals surface area contributed by atoms with Crippen molar-refractivity contribution < 1.29 is 4.74 Å². The van der Waals surface area contributed by atoms with Crippen LogP contribution in [-0.4, -0.2) is 34.5 Å². The molecule has 4 rings (SSSR count). The average molecular weight is 379 g/mol. The molecule has 7 nitrogen and oxygen atoms in total. The maximum absolute atomic E-state index is 13.1. The molecule has 1 aromatic heterocycles. The number of aryl methyl sites for hydroxylation is 1. The fourth-order valence-electron chi connectivity index (χ4n) is 3.82. The van der Waals surface area contributed by atoms with Crippen molar-refractivity contribution >= 4 is 0 Å². The predicted molar refractivity (Wildman–Crippen MR) is 108 cm³/mol. The minimum atomic E-state index is -0.159. The number of nitrogens with zero attached hydrogens (tertiary/aromatic N) is 3. The Hall–Kier alpha value is -2.90. The van der Waals surface area contributed by atoms with Crippen LogP contribution in [0.15, 0.2) is 53.3 Å². The lowest BCUT2D eigenvalue weighted by atomic mass is 9.99. The van der Waals surface area contributed by atoms with Crippen molar-refractivity contribution in [2.75, 3.05) is 20.2 Å². The van der Waals surface area contributed by atoms with E-state index in [0.717, 1.165) is 30.0 Å². The van der Waals surface area contributed by atoms with E-state index in [-0.39, 0.29) is 11.7 Å². The second-order valence-electron chi connectivity index (χ2n) is 7.08. The number of rotatable bonds is 5. The summed E-state index contributed by atoms with van der Waals surface area (Å²) in [5.74, 6) is 1.77. The largest absolute Gasteiger partial charge is 0.496 e. The van der Waals surface area contributed by atoms with E-state index >= 15 is 0 Å². The summed E-state index contributed by atoms with van der Waals surface area (Å²) in [6.07, 6.45) is 0.